The van der Waals surface area contributed by atoms with Crippen LogP contribution in [0.15, 0.2) is 29.3 Å². The first kappa shape index (κ1) is 21.2. The summed E-state index contributed by atoms with van der Waals surface area (Å²) in [6.45, 7) is 8.05. The Kier molecular flexibility index (Phi) is 9.61. The van der Waals surface area contributed by atoms with Crippen molar-refractivity contribution in [3.05, 3.63) is 35.4 Å². The van der Waals surface area contributed by atoms with Gasteiger partial charge in [0.05, 0.1) is 12.6 Å². The molecule has 0 fully saturated rings. The number of aliphatic hydroxyl groups is 1. The largest absolute Gasteiger partial charge is 0.390 e. The highest BCUT2D eigenvalue weighted by Gasteiger charge is 2.18. The molecular weight excluding hydrogens is 415 g/mol. The highest BCUT2D eigenvalue weighted by atomic mass is 127. The Hall–Kier alpha value is -0.860. The summed E-state index contributed by atoms with van der Waals surface area (Å²) in [5.74, 6) is 1.07. The number of rotatable bonds is 7. The van der Waals surface area contributed by atoms with Gasteiger partial charge in [0.2, 0.25) is 0 Å². The first-order chi connectivity index (χ1) is 11.0. The maximum Gasteiger partial charge on any atom is 0.188 e. The van der Waals surface area contributed by atoms with Crippen molar-refractivity contribution in [3.8, 4) is 0 Å². The highest BCUT2D eigenvalue weighted by molar-refractivity contribution is 14.0. The molecule has 1 unspecified atom stereocenters. The molecule has 0 amide bonds. The molecule has 0 aromatic heterocycles. The molecule has 1 aliphatic rings. The molecule has 2 rings (SSSR count). The van der Waals surface area contributed by atoms with Crippen molar-refractivity contribution in [2.24, 2.45) is 16.6 Å². The smallest absolute Gasteiger partial charge is 0.188 e. The zero-order valence-corrected chi connectivity index (χ0v) is 17.1. The second-order valence-corrected chi connectivity index (χ2v) is 6.74. The summed E-state index contributed by atoms with van der Waals surface area (Å²) in [6, 6.07) is 8.53. The fourth-order valence-electron chi connectivity index (χ4n) is 2.81. The lowest BCUT2D eigenvalue weighted by atomic mass is 10.00. The Bertz CT molecular complexity index is 521. The van der Waals surface area contributed by atoms with Crippen molar-refractivity contribution in [3.63, 3.8) is 0 Å². The van der Waals surface area contributed by atoms with E-state index in [4.69, 9.17) is 5.73 Å². The van der Waals surface area contributed by atoms with E-state index < -0.39 is 6.10 Å². The maximum absolute atomic E-state index is 10.2. The molecule has 24 heavy (non-hydrogen) atoms. The van der Waals surface area contributed by atoms with E-state index in [-0.39, 0.29) is 24.0 Å². The van der Waals surface area contributed by atoms with Crippen LogP contribution in [0.25, 0.3) is 0 Å². The maximum atomic E-state index is 10.2. The summed E-state index contributed by atoms with van der Waals surface area (Å²) in [6.07, 6.45) is 1.63. The number of guanidine groups is 1. The minimum absolute atomic E-state index is 0. The number of aliphatic imine (C=N–C) groups is 1. The van der Waals surface area contributed by atoms with Crippen molar-refractivity contribution in [1.82, 2.24) is 10.2 Å². The summed E-state index contributed by atoms with van der Waals surface area (Å²) in [5, 5.41) is 13.3. The molecule has 0 saturated heterocycles. The number of halogens is 1. The van der Waals surface area contributed by atoms with Crippen LogP contribution < -0.4 is 11.1 Å². The van der Waals surface area contributed by atoms with E-state index >= 15 is 0 Å². The molecule has 4 N–H and O–H groups in total. The van der Waals surface area contributed by atoms with Gasteiger partial charge in [-0.15, -0.1) is 24.0 Å². The number of nitrogens with one attached hydrogen (secondary N) is 1. The van der Waals surface area contributed by atoms with Crippen LogP contribution >= 0.6 is 24.0 Å². The third-order valence-corrected chi connectivity index (χ3v) is 4.18. The molecule has 1 atom stereocenters. The average Bonchev–Trinajstić information content (AvgIpc) is 2.52. The van der Waals surface area contributed by atoms with Crippen LogP contribution in [0.3, 0.4) is 0 Å². The van der Waals surface area contributed by atoms with Crippen molar-refractivity contribution in [2.45, 2.75) is 39.3 Å². The van der Waals surface area contributed by atoms with Crippen LogP contribution in [-0.4, -0.2) is 48.2 Å². The van der Waals surface area contributed by atoms with Gasteiger partial charge in [0.15, 0.2) is 5.96 Å². The molecule has 0 aliphatic carbocycles. The Labute approximate surface area is 162 Å². The van der Waals surface area contributed by atoms with E-state index in [0.717, 1.165) is 32.5 Å². The predicted octanol–water partition coefficient (Wildman–Crippen LogP) is 1.97. The molecule has 136 valence electrons. The Balaban J connectivity index is 0.00000288. The first-order valence-electron chi connectivity index (χ1n) is 8.55. The molecule has 0 radical (unpaired) electrons. The van der Waals surface area contributed by atoms with Gasteiger partial charge in [0.1, 0.15) is 0 Å². The van der Waals surface area contributed by atoms with Crippen molar-refractivity contribution < 1.29 is 5.11 Å². The number of aliphatic hydroxyl groups excluding tert-OH is 1. The Morgan fingerprint density at radius 2 is 2.04 bits per heavy atom. The van der Waals surface area contributed by atoms with Gasteiger partial charge in [-0.05, 0) is 29.9 Å². The van der Waals surface area contributed by atoms with Gasteiger partial charge in [0.25, 0.3) is 0 Å². The summed E-state index contributed by atoms with van der Waals surface area (Å²) in [5.41, 5.74) is 8.61. The minimum Gasteiger partial charge on any atom is -0.390 e. The van der Waals surface area contributed by atoms with E-state index in [2.05, 4.69) is 53.3 Å². The quantitative estimate of drug-likeness (QED) is 0.340. The topological polar surface area (TPSA) is 73.9 Å². The zero-order valence-electron chi connectivity index (χ0n) is 14.7. The monoisotopic (exact) mass is 446 g/mol. The van der Waals surface area contributed by atoms with Gasteiger partial charge in [-0.1, -0.05) is 38.1 Å². The average molecular weight is 446 g/mol. The zero-order chi connectivity index (χ0) is 16.7. The van der Waals surface area contributed by atoms with E-state index in [1.807, 2.05) is 0 Å². The normalized spacial score (nSPS) is 16.4. The SMILES string of the molecule is CC(C)CCNC(N)=NCC(O)CN1CCc2ccccc2C1.I. The third kappa shape index (κ3) is 7.36. The number of nitrogens with two attached hydrogens (primary N) is 1. The van der Waals surface area contributed by atoms with Crippen molar-refractivity contribution >= 4 is 29.9 Å². The van der Waals surface area contributed by atoms with E-state index in [1.54, 1.807) is 0 Å². The lowest BCUT2D eigenvalue weighted by molar-refractivity contribution is 0.112. The van der Waals surface area contributed by atoms with Gasteiger partial charge in [0, 0.05) is 26.2 Å². The fraction of sp³-hybridized carbons (Fsp3) is 0.611. The van der Waals surface area contributed by atoms with Gasteiger partial charge in [-0.3, -0.25) is 9.89 Å². The summed E-state index contributed by atoms with van der Waals surface area (Å²) in [4.78, 5) is 6.52. The lowest BCUT2D eigenvalue weighted by Crippen LogP contribution is -2.39. The van der Waals surface area contributed by atoms with E-state index in [0.29, 0.717) is 25.0 Å². The Morgan fingerprint density at radius 3 is 2.75 bits per heavy atom. The second kappa shape index (κ2) is 10.9. The summed E-state index contributed by atoms with van der Waals surface area (Å²) >= 11 is 0. The Morgan fingerprint density at radius 1 is 1.33 bits per heavy atom. The summed E-state index contributed by atoms with van der Waals surface area (Å²) in [7, 11) is 0. The summed E-state index contributed by atoms with van der Waals surface area (Å²) < 4.78 is 0. The van der Waals surface area contributed by atoms with Gasteiger partial charge < -0.3 is 16.2 Å². The number of nitrogens with zero attached hydrogens (tertiary/aromatic N) is 2. The highest BCUT2D eigenvalue weighted by Crippen LogP contribution is 2.18. The molecule has 1 aliphatic heterocycles. The lowest BCUT2D eigenvalue weighted by Gasteiger charge is -2.30. The molecule has 0 saturated carbocycles. The fourth-order valence-corrected chi connectivity index (χ4v) is 2.81. The molecule has 0 spiro atoms. The molecule has 6 heteroatoms. The molecule has 5 nitrogen and oxygen atoms in total. The standard InChI is InChI=1S/C18H30N4O.HI/c1-14(2)7-9-20-18(19)21-11-17(23)13-22-10-8-15-5-3-4-6-16(15)12-22;/h3-6,14,17,23H,7-13H2,1-2H3,(H3,19,20,21);1H. The van der Waals surface area contributed by atoms with Crippen LogP contribution in [0, 0.1) is 5.92 Å². The van der Waals surface area contributed by atoms with Gasteiger partial charge in [-0.25, -0.2) is 0 Å². The third-order valence-electron chi connectivity index (χ3n) is 4.18. The number of benzene rings is 1. The number of hydrogen-bond acceptors (Lipinski definition) is 3. The minimum atomic E-state index is -0.481. The molecule has 1 aromatic rings. The van der Waals surface area contributed by atoms with Crippen molar-refractivity contribution in [1.29, 1.82) is 0 Å². The number of β-amino-alcohol motifs (C(OH)–C–C–N with tert-alkyl or cyclic N) is 1. The van der Waals surface area contributed by atoms with Gasteiger partial charge in [-0.2, -0.15) is 0 Å². The molecular formula is C18H31IN4O. The van der Waals surface area contributed by atoms with Crippen LogP contribution in [0.5, 0.6) is 0 Å². The van der Waals surface area contributed by atoms with Crippen LogP contribution in [0.1, 0.15) is 31.4 Å². The first-order valence-corrected chi connectivity index (χ1v) is 8.55. The van der Waals surface area contributed by atoms with E-state index in [9.17, 15) is 5.11 Å². The molecule has 1 aromatic carbocycles. The predicted molar refractivity (Wildman–Crippen MR) is 111 cm³/mol. The molecule has 1 heterocycles. The molecule has 0 bridgehead atoms. The van der Waals surface area contributed by atoms with E-state index in [1.165, 1.54) is 11.1 Å². The number of fused-ring (bicyclic) bond motifs is 1. The van der Waals surface area contributed by atoms with Crippen LogP contribution in [-0.2, 0) is 13.0 Å². The van der Waals surface area contributed by atoms with Gasteiger partial charge >= 0.3 is 0 Å². The van der Waals surface area contributed by atoms with Crippen molar-refractivity contribution in [2.75, 3.05) is 26.2 Å². The van der Waals surface area contributed by atoms with Crippen LogP contribution in [0.4, 0.5) is 0 Å². The number of hydrogen-bond donors (Lipinski definition) is 3. The van der Waals surface area contributed by atoms with Crippen LogP contribution in [0.2, 0.25) is 0 Å². The second-order valence-electron chi connectivity index (χ2n) is 6.74.